The normalized spacial score (nSPS) is 24.9. The second-order valence-electron chi connectivity index (χ2n) is 6.47. The van der Waals surface area contributed by atoms with Crippen LogP contribution in [0, 0.1) is 11.8 Å². The topological polar surface area (TPSA) is 32.3 Å². The van der Waals surface area contributed by atoms with Crippen molar-refractivity contribution in [1.82, 2.24) is 10.2 Å². The number of hydrogen-bond acceptors (Lipinski definition) is 2. The fraction of sp³-hybridized carbons (Fsp3) is 0.938. The van der Waals surface area contributed by atoms with E-state index < -0.39 is 0 Å². The molecule has 4 heteroatoms. The van der Waals surface area contributed by atoms with Gasteiger partial charge in [-0.05, 0) is 51.1 Å². The lowest BCUT2D eigenvalue weighted by Crippen LogP contribution is -2.43. The predicted molar refractivity (Wildman–Crippen MR) is 86.3 cm³/mol. The molecule has 0 spiro atoms. The molecule has 1 saturated heterocycles. The zero-order chi connectivity index (χ0) is 13.5. The molecule has 1 N–H and O–H groups in total. The van der Waals surface area contributed by atoms with E-state index in [0.29, 0.717) is 17.7 Å². The van der Waals surface area contributed by atoms with Crippen LogP contribution in [0.4, 0.5) is 0 Å². The predicted octanol–water partition coefficient (Wildman–Crippen LogP) is 3.23. The molecule has 118 valence electrons. The molecule has 2 rings (SSSR count). The molecule has 1 aliphatic heterocycles. The fourth-order valence-corrected chi connectivity index (χ4v) is 3.69. The summed E-state index contributed by atoms with van der Waals surface area (Å²) < 4.78 is 0. The number of piperidine rings is 1. The lowest BCUT2D eigenvalue weighted by atomic mass is 9.94. The van der Waals surface area contributed by atoms with Crippen LogP contribution in [0.5, 0.6) is 0 Å². The van der Waals surface area contributed by atoms with E-state index in [1.165, 1.54) is 51.4 Å². The summed E-state index contributed by atoms with van der Waals surface area (Å²) in [6, 6.07) is 0. The first kappa shape index (κ1) is 17.8. The average molecular weight is 303 g/mol. The number of rotatable bonds is 4. The number of likely N-dealkylation sites (tertiary alicyclic amines) is 1. The van der Waals surface area contributed by atoms with E-state index in [1.807, 2.05) is 7.05 Å². The maximum absolute atomic E-state index is 12.4. The molecule has 3 nitrogen and oxygen atoms in total. The quantitative estimate of drug-likeness (QED) is 0.809. The van der Waals surface area contributed by atoms with Gasteiger partial charge in [0.15, 0.2) is 0 Å². The third-order valence-corrected chi connectivity index (χ3v) is 4.80. The van der Waals surface area contributed by atoms with Gasteiger partial charge in [0.1, 0.15) is 0 Å². The Labute approximate surface area is 130 Å². The largest absolute Gasteiger partial charge is 0.342 e. The Hall–Kier alpha value is -0.280. The Kier molecular flexibility index (Phi) is 8.55. The van der Waals surface area contributed by atoms with Crippen molar-refractivity contribution in [1.29, 1.82) is 0 Å². The molecule has 2 fully saturated rings. The fourth-order valence-electron chi connectivity index (χ4n) is 3.69. The van der Waals surface area contributed by atoms with Gasteiger partial charge < -0.3 is 10.2 Å². The van der Waals surface area contributed by atoms with Crippen molar-refractivity contribution in [3.05, 3.63) is 0 Å². The first-order chi connectivity index (χ1) is 9.29. The van der Waals surface area contributed by atoms with Crippen LogP contribution in [0.25, 0.3) is 0 Å². The number of amides is 1. The molecule has 0 aromatic rings. The van der Waals surface area contributed by atoms with E-state index in [1.54, 1.807) is 0 Å². The van der Waals surface area contributed by atoms with Gasteiger partial charge in [-0.3, -0.25) is 4.79 Å². The van der Waals surface area contributed by atoms with Gasteiger partial charge in [-0.15, -0.1) is 12.4 Å². The number of carbonyl (C=O) groups is 1. The number of nitrogens with one attached hydrogen (secondary N) is 1. The molecule has 1 unspecified atom stereocenters. The van der Waals surface area contributed by atoms with Crippen LogP contribution in [-0.2, 0) is 4.79 Å². The van der Waals surface area contributed by atoms with Crippen LogP contribution in [0.2, 0.25) is 0 Å². The molecule has 1 aliphatic carbocycles. The molecule has 1 amide bonds. The van der Waals surface area contributed by atoms with Crippen molar-refractivity contribution in [2.75, 3.05) is 26.7 Å². The van der Waals surface area contributed by atoms with Gasteiger partial charge in [-0.1, -0.05) is 25.7 Å². The maximum atomic E-state index is 12.4. The Morgan fingerprint density at radius 3 is 2.35 bits per heavy atom. The smallest absolute Gasteiger partial charge is 0.222 e. The van der Waals surface area contributed by atoms with Gasteiger partial charge in [0, 0.05) is 19.5 Å². The van der Waals surface area contributed by atoms with Gasteiger partial charge in [0.25, 0.3) is 0 Å². The summed E-state index contributed by atoms with van der Waals surface area (Å²) in [5, 5.41) is 3.25. The molecule has 1 saturated carbocycles. The molecule has 0 radical (unpaired) electrons. The Morgan fingerprint density at radius 1 is 1.05 bits per heavy atom. The molecule has 0 aromatic heterocycles. The number of carbonyl (C=O) groups excluding carboxylic acids is 1. The third kappa shape index (κ3) is 5.61. The summed E-state index contributed by atoms with van der Waals surface area (Å²) >= 11 is 0. The summed E-state index contributed by atoms with van der Waals surface area (Å²) in [5.74, 6) is 1.75. The van der Waals surface area contributed by atoms with Crippen molar-refractivity contribution < 1.29 is 4.79 Å². The zero-order valence-corrected chi connectivity index (χ0v) is 13.7. The highest BCUT2D eigenvalue weighted by Crippen LogP contribution is 2.27. The van der Waals surface area contributed by atoms with Crippen LogP contribution in [-0.4, -0.2) is 37.5 Å². The Balaban J connectivity index is 0.00000200. The maximum Gasteiger partial charge on any atom is 0.222 e. The molecular weight excluding hydrogens is 272 g/mol. The Morgan fingerprint density at radius 2 is 1.70 bits per heavy atom. The molecule has 0 aromatic carbocycles. The molecular formula is C16H31ClN2O. The highest BCUT2D eigenvalue weighted by atomic mass is 35.5. The van der Waals surface area contributed by atoms with E-state index in [2.05, 4.69) is 10.2 Å². The third-order valence-electron chi connectivity index (χ3n) is 4.80. The van der Waals surface area contributed by atoms with Crippen LogP contribution >= 0.6 is 12.4 Å². The second kappa shape index (κ2) is 9.62. The van der Waals surface area contributed by atoms with Crippen LogP contribution in [0.1, 0.15) is 57.8 Å². The highest BCUT2D eigenvalue weighted by Gasteiger charge is 2.25. The molecule has 1 heterocycles. The van der Waals surface area contributed by atoms with Crippen LogP contribution in [0.15, 0.2) is 0 Å². The van der Waals surface area contributed by atoms with Gasteiger partial charge in [-0.25, -0.2) is 0 Å². The number of hydrogen-bond donors (Lipinski definition) is 1. The number of halogens is 1. The Bertz CT molecular complexity index is 276. The average Bonchev–Trinajstić information content (AvgIpc) is 2.68. The summed E-state index contributed by atoms with van der Waals surface area (Å²) in [4.78, 5) is 14.6. The van der Waals surface area contributed by atoms with E-state index in [-0.39, 0.29) is 12.4 Å². The van der Waals surface area contributed by atoms with Crippen LogP contribution < -0.4 is 5.32 Å². The van der Waals surface area contributed by atoms with E-state index in [0.717, 1.165) is 26.1 Å². The summed E-state index contributed by atoms with van der Waals surface area (Å²) in [7, 11) is 2.01. The molecule has 2 aliphatic rings. The first-order valence-electron chi connectivity index (χ1n) is 8.22. The number of nitrogens with zero attached hydrogens (tertiary/aromatic N) is 1. The summed E-state index contributed by atoms with van der Waals surface area (Å²) in [5.41, 5.74) is 0. The van der Waals surface area contributed by atoms with Gasteiger partial charge in [0.05, 0.1) is 0 Å². The van der Waals surface area contributed by atoms with Crippen molar-refractivity contribution in [3.8, 4) is 0 Å². The minimum atomic E-state index is 0. The lowest BCUT2D eigenvalue weighted by molar-refractivity contribution is -0.134. The van der Waals surface area contributed by atoms with Crippen molar-refractivity contribution in [2.24, 2.45) is 11.8 Å². The summed E-state index contributed by atoms with van der Waals surface area (Å²) in [6.45, 7) is 3.02. The molecule has 0 bridgehead atoms. The van der Waals surface area contributed by atoms with E-state index in [9.17, 15) is 4.79 Å². The van der Waals surface area contributed by atoms with E-state index in [4.69, 9.17) is 0 Å². The van der Waals surface area contributed by atoms with Gasteiger partial charge in [-0.2, -0.15) is 0 Å². The van der Waals surface area contributed by atoms with Crippen LogP contribution in [0.3, 0.4) is 0 Å². The van der Waals surface area contributed by atoms with Crippen molar-refractivity contribution in [3.63, 3.8) is 0 Å². The highest BCUT2D eigenvalue weighted by molar-refractivity contribution is 5.85. The van der Waals surface area contributed by atoms with Gasteiger partial charge >= 0.3 is 0 Å². The van der Waals surface area contributed by atoms with E-state index >= 15 is 0 Å². The van der Waals surface area contributed by atoms with Crippen molar-refractivity contribution >= 4 is 18.3 Å². The standard InChI is InChI=1S/C16H30N2O.ClH/c1-17-12-15-9-6-10-18(13-15)16(19)11-14-7-4-2-3-5-8-14;/h14-15,17H,2-13H2,1H3;1H. The minimum Gasteiger partial charge on any atom is -0.342 e. The first-order valence-corrected chi connectivity index (χ1v) is 8.22. The lowest BCUT2D eigenvalue weighted by Gasteiger charge is -2.33. The van der Waals surface area contributed by atoms with Gasteiger partial charge in [0.2, 0.25) is 5.91 Å². The molecule has 1 atom stereocenters. The zero-order valence-electron chi connectivity index (χ0n) is 12.9. The second-order valence-corrected chi connectivity index (χ2v) is 6.47. The SMILES string of the molecule is CNCC1CCCN(C(=O)CC2CCCCCC2)C1.Cl. The van der Waals surface area contributed by atoms with Crippen molar-refractivity contribution in [2.45, 2.75) is 57.8 Å². The molecule has 20 heavy (non-hydrogen) atoms. The minimum absolute atomic E-state index is 0. The monoisotopic (exact) mass is 302 g/mol. The summed E-state index contributed by atoms with van der Waals surface area (Å²) in [6.07, 6.45) is 11.2.